The molecule has 0 bridgehead atoms. The molecule has 88 valence electrons. The monoisotopic (exact) mass is 353 g/mol. The van der Waals surface area contributed by atoms with Gasteiger partial charge in [-0.15, -0.1) is 0 Å². The van der Waals surface area contributed by atoms with Gasteiger partial charge in [-0.3, -0.25) is 0 Å². The number of hydrogen-bond acceptors (Lipinski definition) is 1. The zero-order valence-corrected chi connectivity index (χ0v) is 12.5. The quantitative estimate of drug-likeness (QED) is 0.711. The first-order valence-corrected chi connectivity index (χ1v) is 7.07. The lowest BCUT2D eigenvalue weighted by Gasteiger charge is -1.97. The Labute approximate surface area is 119 Å². The van der Waals surface area contributed by atoms with Gasteiger partial charge in [-0.2, -0.15) is 0 Å². The highest BCUT2D eigenvalue weighted by Gasteiger charge is 2.08. The molecule has 0 spiro atoms. The number of hydrogen-bond donors (Lipinski definition) is 1. The van der Waals surface area contributed by atoms with E-state index in [1.807, 2.05) is 30.3 Å². The van der Waals surface area contributed by atoms with Crippen LogP contribution in [-0.4, -0.2) is 6.54 Å². The second-order valence-electron chi connectivity index (χ2n) is 3.77. The topological polar surface area (TPSA) is 12.0 Å². The number of nitrogens with one attached hydrogen (secondary N) is 1. The van der Waals surface area contributed by atoms with Crippen molar-refractivity contribution in [3.05, 3.63) is 63.0 Å². The third-order valence-corrected chi connectivity index (χ3v) is 3.53. The van der Waals surface area contributed by atoms with Gasteiger partial charge in [0.05, 0.1) is 0 Å². The number of halogens is 2. The lowest BCUT2D eigenvalue weighted by atomic mass is 10.2. The Hall–Kier alpha value is -0.800. The van der Waals surface area contributed by atoms with Crippen LogP contribution in [0.2, 0.25) is 0 Å². The molecule has 3 heteroatoms. The van der Waals surface area contributed by atoms with E-state index in [9.17, 15) is 0 Å². The van der Waals surface area contributed by atoms with Crippen molar-refractivity contribution in [2.75, 3.05) is 11.9 Å². The Balaban J connectivity index is 0.000000136. The second kappa shape index (κ2) is 6.22. The van der Waals surface area contributed by atoms with Crippen LogP contribution in [0.3, 0.4) is 0 Å². The summed E-state index contributed by atoms with van der Waals surface area (Å²) < 4.78 is 2.31. The van der Waals surface area contributed by atoms with E-state index in [0.29, 0.717) is 0 Å². The summed E-state index contributed by atoms with van der Waals surface area (Å²) in [6, 6.07) is 16.3. The maximum atomic E-state index is 3.44. The van der Waals surface area contributed by atoms with Crippen molar-refractivity contribution in [3.63, 3.8) is 0 Å². The summed E-state index contributed by atoms with van der Waals surface area (Å²) >= 11 is 6.75. The number of fused-ring (bicyclic) bond motifs is 1. The van der Waals surface area contributed by atoms with Gasteiger partial charge >= 0.3 is 0 Å². The van der Waals surface area contributed by atoms with Crippen LogP contribution >= 0.6 is 31.9 Å². The molecule has 2 aromatic carbocycles. The lowest BCUT2D eigenvalue weighted by Crippen LogP contribution is -1.90. The van der Waals surface area contributed by atoms with Crippen LogP contribution in [0, 0.1) is 0 Å². The fourth-order valence-electron chi connectivity index (χ4n) is 1.69. The molecule has 1 aliphatic heterocycles. The lowest BCUT2D eigenvalue weighted by molar-refractivity contribution is 1.10. The minimum atomic E-state index is 1.09. The standard InChI is InChI=1S/C8H8BrN.C6H5Br/c9-7-1-2-8-6(5-7)3-4-10-8;7-6-4-2-1-3-5-6/h1-2,5,10H,3-4H2;1-5H. The van der Waals surface area contributed by atoms with Crippen molar-refractivity contribution >= 4 is 37.5 Å². The molecule has 0 saturated carbocycles. The molecule has 0 atom stereocenters. The molecule has 2 aromatic rings. The van der Waals surface area contributed by atoms with Crippen molar-refractivity contribution in [1.29, 1.82) is 0 Å². The smallest absolute Gasteiger partial charge is 0.0374 e. The molecule has 0 unspecified atom stereocenters. The molecule has 1 N–H and O–H groups in total. The van der Waals surface area contributed by atoms with E-state index >= 15 is 0 Å². The molecular weight excluding hydrogens is 342 g/mol. The second-order valence-corrected chi connectivity index (χ2v) is 5.61. The molecule has 1 heterocycles. The first-order valence-electron chi connectivity index (χ1n) is 5.48. The van der Waals surface area contributed by atoms with Crippen molar-refractivity contribution < 1.29 is 0 Å². The zero-order chi connectivity index (χ0) is 12.1. The Morgan fingerprint density at radius 2 is 1.65 bits per heavy atom. The van der Waals surface area contributed by atoms with E-state index in [0.717, 1.165) is 17.4 Å². The Bertz CT molecular complexity index is 483. The average Bonchev–Trinajstić information content (AvgIpc) is 2.78. The van der Waals surface area contributed by atoms with Gasteiger partial charge in [0.15, 0.2) is 0 Å². The van der Waals surface area contributed by atoms with Crippen molar-refractivity contribution in [2.24, 2.45) is 0 Å². The van der Waals surface area contributed by atoms with Gasteiger partial charge in [0.2, 0.25) is 0 Å². The first kappa shape index (κ1) is 12.7. The van der Waals surface area contributed by atoms with Gasteiger partial charge in [0.25, 0.3) is 0 Å². The van der Waals surface area contributed by atoms with Gasteiger partial charge in [-0.25, -0.2) is 0 Å². The van der Waals surface area contributed by atoms with E-state index in [1.54, 1.807) is 0 Å². The molecule has 0 radical (unpaired) electrons. The van der Waals surface area contributed by atoms with E-state index in [4.69, 9.17) is 0 Å². The van der Waals surface area contributed by atoms with Crippen molar-refractivity contribution in [1.82, 2.24) is 0 Å². The van der Waals surface area contributed by atoms with Crippen molar-refractivity contribution in [2.45, 2.75) is 6.42 Å². The molecule has 0 saturated heterocycles. The summed E-state index contributed by atoms with van der Waals surface area (Å²) in [5.74, 6) is 0. The molecule has 0 fully saturated rings. The van der Waals surface area contributed by atoms with Crippen LogP contribution in [0.5, 0.6) is 0 Å². The summed E-state index contributed by atoms with van der Waals surface area (Å²) in [6.07, 6.45) is 1.16. The van der Waals surface area contributed by atoms with Gasteiger partial charge in [-0.1, -0.05) is 50.1 Å². The van der Waals surface area contributed by atoms with E-state index in [-0.39, 0.29) is 0 Å². The van der Waals surface area contributed by atoms with Crippen LogP contribution in [0.15, 0.2) is 57.5 Å². The van der Waals surface area contributed by atoms with Crippen LogP contribution in [-0.2, 0) is 6.42 Å². The predicted octanol–water partition coefficient (Wildman–Crippen LogP) is 4.87. The highest BCUT2D eigenvalue weighted by atomic mass is 79.9. The highest BCUT2D eigenvalue weighted by molar-refractivity contribution is 9.10. The summed E-state index contributed by atoms with van der Waals surface area (Å²) in [7, 11) is 0. The summed E-state index contributed by atoms with van der Waals surface area (Å²) in [6.45, 7) is 1.09. The fraction of sp³-hybridized carbons (Fsp3) is 0.143. The number of rotatable bonds is 0. The SMILES string of the molecule is Brc1ccc2c(c1)CCN2.Brc1ccccc1. The minimum absolute atomic E-state index is 1.09. The molecule has 17 heavy (non-hydrogen) atoms. The Morgan fingerprint density at radius 3 is 2.29 bits per heavy atom. The van der Waals surface area contributed by atoms with Gasteiger partial charge in [-0.05, 0) is 42.3 Å². The molecular formula is C14H13Br2N. The maximum absolute atomic E-state index is 3.44. The Kier molecular flexibility index (Phi) is 4.63. The largest absolute Gasteiger partial charge is 0.384 e. The van der Waals surface area contributed by atoms with E-state index in [1.165, 1.54) is 15.7 Å². The number of anilines is 1. The highest BCUT2D eigenvalue weighted by Crippen LogP contribution is 2.24. The molecule has 0 aliphatic carbocycles. The molecule has 0 amide bonds. The van der Waals surface area contributed by atoms with Gasteiger partial charge < -0.3 is 5.32 Å². The van der Waals surface area contributed by atoms with E-state index in [2.05, 4.69) is 55.4 Å². The minimum Gasteiger partial charge on any atom is -0.384 e. The zero-order valence-electron chi connectivity index (χ0n) is 9.29. The number of benzene rings is 2. The molecule has 3 rings (SSSR count). The average molecular weight is 355 g/mol. The van der Waals surface area contributed by atoms with Crippen LogP contribution < -0.4 is 5.32 Å². The maximum Gasteiger partial charge on any atom is 0.0374 e. The summed E-state index contributed by atoms with van der Waals surface area (Å²) in [5, 5.41) is 3.31. The molecule has 1 nitrogen and oxygen atoms in total. The first-order chi connectivity index (χ1) is 8.25. The molecule has 1 aliphatic rings. The predicted molar refractivity (Wildman–Crippen MR) is 80.5 cm³/mol. The third kappa shape index (κ3) is 3.86. The summed E-state index contributed by atoms with van der Waals surface area (Å²) in [4.78, 5) is 0. The Morgan fingerprint density at radius 1 is 0.882 bits per heavy atom. The fourth-order valence-corrected chi connectivity index (χ4v) is 2.40. The van der Waals surface area contributed by atoms with Crippen molar-refractivity contribution in [3.8, 4) is 0 Å². The van der Waals surface area contributed by atoms with Gasteiger partial charge in [0, 0.05) is 21.2 Å². The normalized spacial score (nSPS) is 12.1. The van der Waals surface area contributed by atoms with Crippen LogP contribution in [0.25, 0.3) is 0 Å². The molecule has 0 aromatic heterocycles. The van der Waals surface area contributed by atoms with E-state index < -0.39 is 0 Å². The van der Waals surface area contributed by atoms with Crippen LogP contribution in [0.4, 0.5) is 5.69 Å². The van der Waals surface area contributed by atoms with Crippen LogP contribution in [0.1, 0.15) is 5.56 Å². The third-order valence-electron chi connectivity index (χ3n) is 2.51. The van der Waals surface area contributed by atoms with Gasteiger partial charge in [0.1, 0.15) is 0 Å². The summed E-state index contributed by atoms with van der Waals surface area (Å²) in [5.41, 5.74) is 2.72.